The van der Waals surface area contributed by atoms with Gasteiger partial charge in [-0.1, -0.05) is 0 Å². The van der Waals surface area contributed by atoms with Gasteiger partial charge < -0.3 is 14.8 Å². The van der Waals surface area contributed by atoms with Crippen LogP contribution < -0.4 is 14.8 Å². The van der Waals surface area contributed by atoms with Crippen molar-refractivity contribution in [1.29, 1.82) is 0 Å². The van der Waals surface area contributed by atoms with E-state index in [0.29, 0.717) is 0 Å². The van der Waals surface area contributed by atoms with E-state index in [1.165, 1.54) is 12.8 Å². The van der Waals surface area contributed by atoms with Gasteiger partial charge in [0.1, 0.15) is 17.3 Å². The number of amidine groups is 1. The van der Waals surface area contributed by atoms with E-state index in [1.54, 1.807) is 14.2 Å². The van der Waals surface area contributed by atoms with Gasteiger partial charge in [-0.15, -0.1) is 0 Å². The molecule has 0 unspecified atom stereocenters. The fraction of sp³-hybridized carbons (Fsp3) is 0.462. The zero-order valence-electron chi connectivity index (χ0n) is 10.3. The van der Waals surface area contributed by atoms with Gasteiger partial charge in [-0.2, -0.15) is 0 Å². The zero-order chi connectivity index (χ0) is 12.1. The third-order valence-electron chi connectivity index (χ3n) is 2.81. The Morgan fingerprint density at radius 3 is 2.71 bits per heavy atom. The molecule has 0 aliphatic carbocycles. The van der Waals surface area contributed by atoms with E-state index in [9.17, 15) is 0 Å². The van der Waals surface area contributed by atoms with Gasteiger partial charge in [0.05, 0.1) is 19.9 Å². The van der Waals surface area contributed by atoms with Gasteiger partial charge in [-0.25, -0.2) is 0 Å². The summed E-state index contributed by atoms with van der Waals surface area (Å²) in [6.45, 7) is 0.911. The molecule has 0 amide bonds. The molecule has 0 radical (unpaired) electrons. The Morgan fingerprint density at radius 1 is 1.18 bits per heavy atom. The predicted molar refractivity (Wildman–Crippen MR) is 69.3 cm³/mol. The van der Waals surface area contributed by atoms with Crippen LogP contribution in [0.15, 0.2) is 23.2 Å². The van der Waals surface area contributed by atoms with Crippen molar-refractivity contribution in [1.82, 2.24) is 0 Å². The van der Waals surface area contributed by atoms with Crippen molar-refractivity contribution in [3.05, 3.63) is 18.2 Å². The molecule has 1 aliphatic rings. The van der Waals surface area contributed by atoms with E-state index in [0.717, 1.165) is 36.0 Å². The van der Waals surface area contributed by atoms with Crippen molar-refractivity contribution in [2.75, 3.05) is 26.1 Å². The number of hydrogen-bond donors (Lipinski definition) is 1. The SMILES string of the molecule is COc1ccc(OC)c(NC2=NCCCC2)c1. The molecule has 1 aromatic carbocycles. The lowest BCUT2D eigenvalue weighted by Crippen LogP contribution is -2.16. The molecule has 0 atom stereocenters. The smallest absolute Gasteiger partial charge is 0.142 e. The molecular weight excluding hydrogens is 216 g/mol. The van der Waals surface area contributed by atoms with Crippen molar-refractivity contribution in [3.8, 4) is 11.5 Å². The van der Waals surface area contributed by atoms with Crippen molar-refractivity contribution in [3.63, 3.8) is 0 Å². The fourth-order valence-electron chi connectivity index (χ4n) is 1.87. The molecule has 2 rings (SSSR count). The largest absolute Gasteiger partial charge is 0.497 e. The van der Waals surface area contributed by atoms with Crippen molar-refractivity contribution in [2.24, 2.45) is 4.99 Å². The Bertz CT molecular complexity index is 416. The normalized spacial score (nSPS) is 15.1. The van der Waals surface area contributed by atoms with Gasteiger partial charge in [-0.05, 0) is 25.0 Å². The molecular formula is C13H18N2O2. The first-order valence-electron chi connectivity index (χ1n) is 5.86. The summed E-state index contributed by atoms with van der Waals surface area (Å²) >= 11 is 0. The molecule has 0 fully saturated rings. The lowest BCUT2D eigenvalue weighted by atomic mass is 10.1. The molecule has 1 heterocycles. The molecule has 17 heavy (non-hydrogen) atoms. The number of anilines is 1. The first-order valence-corrected chi connectivity index (χ1v) is 5.86. The minimum Gasteiger partial charge on any atom is -0.497 e. The van der Waals surface area contributed by atoms with Gasteiger partial charge in [0, 0.05) is 19.0 Å². The van der Waals surface area contributed by atoms with Gasteiger partial charge in [0.15, 0.2) is 0 Å². The third-order valence-corrected chi connectivity index (χ3v) is 2.81. The Labute approximate surface area is 102 Å². The van der Waals surface area contributed by atoms with Crippen LogP contribution in [0.4, 0.5) is 5.69 Å². The second-order valence-electron chi connectivity index (χ2n) is 3.98. The van der Waals surface area contributed by atoms with Gasteiger partial charge in [-0.3, -0.25) is 4.99 Å². The highest BCUT2D eigenvalue weighted by Gasteiger charge is 2.09. The summed E-state index contributed by atoms with van der Waals surface area (Å²) in [5.74, 6) is 2.64. The number of hydrogen-bond acceptors (Lipinski definition) is 4. The predicted octanol–water partition coefficient (Wildman–Crippen LogP) is 2.70. The molecule has 1 N–H and O–H groups in total. The number of nitrogens with zero attached hydrogens (tertiary/aromatic N) is 1. The molecule has 4 nitrogen and oxygen atoms in total. The standard InChI is InChI=1S/C13H18N2O2/c1-16-10-6-7-12(17-2)11(9-10)15-13-5-3-4-8-14-13/h6-7,9H,3-5,8H2,1-2H3,(H,14,15). The lowest BCUT2D eigenvalue weighted by Gasteiger charge is -2.16. The van der Waals surface area contributed by atoms with Crippen LogP contribution in [-0.4, -0.2) is 26.6 Å². The molecule has 0 aromatic heterocycles. The molecule has 4 heteroatoms. The van der Waals surface area contributed by atoms with Crippen LogP contribution >= 0.6 is 0 Å². The molecule has 1 aromatic rings. The third kappa shape index (κ3) is 2.90. The summed E-state index contributed by atoms with van der Waals surface area (Å²) < 4.78 is 10.5. The molecule has 0 spiro atoms. The maximum atomic E-state index is 5.31. The summed E-state index contributed by atoms with van der Waals surface area (Å²) in [4.78, 5) is 4.46. The van der Waals surface area contributed by atoms with E-state index >= 15 is 0 Å². The molecule has 1 aliphatic heterocycles. The van der Waals surface area contributed by atoms with Crippen LogP contribution in [0, 0.1) is 0 Å². The number of nitrogens with one attached hydrogen (secondary N) is 1. The van der Waals surface area contributed by atoms with E-state index < -0.39 is 0 Å². The summed E-state index contributed by atoms with van der Waals surface area (Å²) in [5, 5.41) is 3.32. The highest BCUT2D eigenvalue weighted by atomic mass is 16.5. The summed E-state index contributed by atoms with van der Waals surface area (Å²) in [6, 6.07) is 5.70. The first-order chi connectivity index (χ1) is 8.33. The Balaban J connectivity index is 2.20. The van der Waals surface area contributed by atoms with Gasteiger partial charge in [0.25, 0.3) is 0 Å². The lowest BCUT2D eigenvalue weighted by molar-refractivity contribution is 0.405. The van der Waals surface area contributed by atoms with E-state index in [-0.39, 0.29) is 0 Å². The van der Waals surface area contributed by atoms with Crippen LogP contribution in [-0.2, 0) is 0 Å². The Kier molecular flexibility index (Phi) is 3.85. The Hall–Kier alpha value is -1.71. The number of rotatable bonds is 3. The number of benzene rings is 1. The van der Waals surface area contributed by atoms with Crippen LogP contribution in [0.25, 0.3) is 0 Å². The Morgan fingerprint density at radius 2 is 2.06 bits per heavy atom. The maximum absolute atomic E-state index is 5.31. The number of methoxy groups -OCH3 is 2. The molecule has 0 saturated heterocycles. The second kappa shape index (κ2) is 5.57. The van der Waals surface area contributed by atoms with E-state index in [2.05, 4.69) is 10.3 Å². The average molecular weight is 234 g/mol. The number of aliphatic imine (C=N–C) groups is 1. The summed E-state index contributed by atoms with van der Waals surface area (Å²) in [6.07, 6.45) is 3.37. The van der Waals surface area contributed by atoms with Crippen molar-refractivity contribution in [2.45, 2.75) is 19.3 Å². The quantitative estimate of drug-likeness (QED) is 0.874. The minimum absolute atomic E-state index is 0.805. The van der Waals surface area contributed by atoms with E-state index in [1.807, 2.05) is 18.2 Å². The highest BCUT2D eigenvalue weighted by molar-refractivity contribution is 5.97. The van der Waals surface area contributed by atoms with Crippen molar-refractivity contribution < 1.29 is 9.47 Å². The van der Waals surface area contributed by atoms with Crippen molar-refractivity contribution >= 4 is 11.5 Å². The summed E-state index contributed by atoms with van der Waals surface area (Å²) in [7, 11) is 3.32. The van der Waals surface area contributed by atoms with E-state index in [4.69, 9.17) is 9.47 Å². The number of ether oxygens (including phenoxy) is 2. The van der Waals surface area contributed by atoms with Crippen LogP contribution in [0.1, 0.15) is 19.3 Å². The van der Waals surface area contributed by atoms with Crippen LogP contribution in [0.2, 0.25) is 0 Å². The topological polar surface area (TPSA) is 42.9 Å². The maximum Gasteiger partial charge on any atom is 0.142 e. The monoisotopic (exact) mass is 234 g/mol. The molecule has 0 saturated carbocycles. The van der Waals surface area contributed by atoms with Crippen LogP contribution in [0.3, 0.4) is 0 Å². The van der Waals surface area contributed by atoms with Gasteiger partial charge >= 0.3 is 0 Å². The van der Waals surface area contributed by atoms with Gasteiger partial charge in [0.2, 0.25) is 0 Å². The van der Waals surface area contributed by atoms with Crippen LogP contribution in [0.5, 0.6) is 11.5 Å². The fourth-order valence-corrected chi connectivity index (χ4v) is 1.87. The molecule has 92 valence electrons. The first kappa shape index (κ1) is 11.8. The average Bonchev–Trinajstić information content (AvgIpc) is 2.40. The summed E-state index contributed by atoms with van der Waals surface area (Å²) in [5.41, 5.74) is 0.910. The minimum atomic E-state index is 0.805. The second-order valence-corrected chi connectivity index (χ2v) is 3.98. The zero-order valence-corrected chi connectivity index (χ0v) is 10.3. The highest BCUT2D eigenvalue weighted by Crippen LogP contribution is 2.29. The molecule has 0 bridgehead atoms.